The average Bonchev–Trinajstić information content (AvgIpc) is 3.06. The van der Waals surface area contributed by atoms with Crippen LogP contribution in [0.5, 0.6) is 5.88 Å². The van der Waals surface area contributed by atoms with Gasteiger partial charge in [-0.05, 0) is 13.0 Å². The Morgan fingerprint density at radius 1 is 1.21 bits per heavy atom. The predicted octanol–water partition coefficient (Wildman–Crippen LogP) is 2.83. The lowest BCUT2D eigenvalue weighted by atomic mass is 10.0. The minimum atomic E-state index is -0.310. The normalized spacial score (nSPS) is 12.3. The first-order valence-corrected chi connectivity index (χ1v) is 9.73. The van der Waals surface area contributed by atoms with E-state index in [9.17, 15) is 4.79 Å². The summed E-state index contributed by atoms with van der Waals surface area (Å²) in [6.45, 7) is 2.51. The second kappa shape index (κ2) is 9.49. The molecule has 3 aromatic rings. The molecule has 2 N–H and O–H groups in total. The topological polar surface area (TPSA) is 105 Å². The van der Waals surface area contributed by atoms with Crippen molar-refractivity contribution in [2.24, 2.45) is 5.73 Å². The summed E-state index contributed by atoms with van der Waals surface area (Å²) in [5.41, 5.74) is 8.10. The van der Waals surface area contributed by atoms with Crippen LogP contribution in [-0.2, 0) is 22.4 Å². The van der Waals surface area contributed by atoms with Crippen LogP contribution in [0.15, 0.2) is 24.5 Å². The van der Waals surface area contributed by atoms with Crippen molar-refractivity contribution in [2.45, 2.75) is 25.9 Å². The van der Waals surface area contributed by atoms with Crippen molar-refractivity contribution in [3.05, 3.63) is 51.5 Å². The van der Waals surface area contributed by atoms with E-state index in [1.807, 2.05) is 6.92 Å². The zero-order chi connectivity index (χ0) is 21.0. The summed E-state index contributed by atoms with van der Waals surface area (Å²) in [6.07, 6.45) is 3.05. The van der Waals surface area contributed by atoms with Crippen LogP contribution < -0.4 is 10.5 Å². The molecule has 3 rings (SSSR count). The fraction of sp³-hybridized carbons (Fsp3) is 0.368. The molecule has 1 atom stereocenters. The van der Waals surface area contributed by atoms with Crippen LogP contribution in [0.1, 0.15) is 29.8 Å². The first-order chi connectivity index (χ1) is 13.9. The second-order valence-corrected chi connectivity index (χ2v) is 7.25. The minimum absolute atomic E-state index is 0.0596. The van der Waals surface area contributed by atoms with Crippen molar-refractivity contribution in [2.75, 3.05) is 20.3 Å². The van der Waals surface area contributed by atoms with E-state index < -0.39 is 0 Å². The molecule has 0 amide bonds. The van der Waals surface area contributed by atoms with E-state index in [1.54, 1.807) is 30.0 Å². The molecular weight excluding hydrogens is 417 g/mol. The molecule has 154 valence electrons. The monoisotopic (exact) mass is 437 g/mol. The third-order valence-corrected chi connectivity index (χ3v) is 4.72. The summed E-state index contributed by atoms with van der Waals surface area (Å²) in [4.78, 5) is 21.4. The summed E-state index contributed by atoms with van der Waals surface area (Å²) in [5.74, 6) is 0.293. The van der Waals surface area contributed by atoms with Crippen molar-refractivity contribution in [1.82, 2.24) is 19.6 Å². The van der Waals surface area contributed by atoms with Crippen LogP contribution in [0.2, 0.25) is 10.2 Å². The lowest BCUT2D eigenvalue weighted by Gasteiger charge is -2.16. The summed E-state index contributed by atoms with van der Waals surface area (Å²) >= 11 is 12.1. The highest BCUT2D eigenvalue weighted by Gasteiger charge is 2.20. The van der Waals surface area contributed by atoms with Crippen LogP contribution >= 0.6 is 23.2 Å². The predicted molar refractivity (Wildman–Crippen MR) is 110 cm³/mol. The molecule has 10 heteroatoms. The van der Waals surface area contributed by atoms with Crippen molar-refractivity contribution < 1.29 is 14.3 Å². The first-order valence-electron chi connectivity index (χ1n) is 8.97. The van der Waals surface area contributed by atoms with Crippen molar-refractivity contribution in [1.29, 1.82) is 0 Å². The Morgan fingerprint density at radius 3 is 2.69 bits per heavy atom. The third kappa shape index (κ3) is 5.02. The van der Waals surface area contributed by atoms with E-state index >= 15 is 0 Å². The average molecular weight is 438 g/mol. The largest absolute Gasteiger partial charge is 0.476 e. The molecule has 3 heterocycles. The fourth-order valence-electron chi connectivity index (χ4n) is 3.01. The molecule has 0 saturated carbocycles. The SMILES string of the molecule is CO[C@@H](C)c1c(CC(=O)Cc2cc(Cl)cnc2OCCN)cnc2cc(Cl)nn12. The lowest BCUT2D eigenvalue weighted by Crippen LogP contribution is -2.16. The number of hydrogen-bond acceptors (Lipinski definition) is 7. The fourth-order valence-corrected chi connectivity index (χ4v) is 3.36. The number of nitrogens with two attached hydrogens (primary N) is 1. The Morgan fingerprint density at radius 2 is 1.97 bits per heavy atom. The summed E-state index contributed by atoms with van der Waals surface area (Å²) < 4.78 is 12.6. The number of rotatable bonds is 9. The number of pyridine rings is 1. The molecule has 0 aliphatic carbocycles. The second-order valence-electron chi connectivity index (χ2n) is 6.43. The van der Waals surface area contributed by atoms with Gasteiger partial charge in [0.15, 0.2) is 10.8 Å². The van der Waals surface area contributed by atoms with Gasteiger partial charge < -0.3 is 15.2 Å². The molecular formula is C19H21Cl2N5O3. The number of Topliss-reactive ketones (excluding diaryl/α,β-unsaturated/α-hetero) is 1. The number of halogens is 2. The minimum Gasteiger partial charge on any atom is -0.476 e. The summed E-state index contributed by atoms with van der Waals surface area (Å²) in [7, 11) is 1.59. The number of fused-ring (bicyclic) bond motifs is 1. The number of hydrogen-bond donors (Lipinski definition) is 1. The molecule has 0 aromatic carbocycles. The van der Waals surface area contributed by atoms with Crippen molar-refractivity contribution >= 4 is 34.6 Å². The third-order valence-electron chi connectivity index (χ3n) is 4.33. The van der Waals surface area contributed by atoms with Gasteiger partial charge in [0.1, 0.15) is 12.4 Å². The van der Waals surface area contributed by atoms with Gasteiger partial charge >= 0.3 is 0 Å². The van der Waals surface area contributed by atoms with Gasteiger partial charge in [0.05, 0.1) is 16.8 Å². The number of nitrogens with zero attached hydrogens (tertiary/aromatic N) is 4. The Balaban J connectivity index is 1.88. The molecule has 0 unspecified atom stereocenters. The zero-order valence-electron chi connectivity index (χ0n) is 16.1. The van der Waals surface area contributed by atoms with Gasteiger partial charge in [-0.3, -0.25) is 4.79 Å². The Labute approximate surface area is 177 Å². The number of carbonyl (C=O) groups is 1. The molecule has 0 saturated heterocycles. The molecule has 0 fully saturated rings. The highest BCUT2D eigenvalue weighted by atomic mass is 35.5. The van der Waals surface area contributed by atoms with Crippen LogP contribution in [0.25, 0.3) is 5.65 Å². The van der Waals surface area contributed by atoms with Crippen LogP contribution in [0.3, 0.4) is 0 Å². The number of carbonyl (C=O) groups excluding carboxylic acids is 1. The van der Waals surface area contributed by atoms with Crippen molar-refractivity contribution in [3.63, 3.8) is 0 Å². The number of aromatic nitrogens is 4. The van der Waals surface area contributed by atoms with E-state index in [0.29, 0.717) is 46.0 Å². The Bertz CT molecular complexity index is 1020. The van der Waals surface area contributed by atoms with E-state index in [0.717, 1.165) is 5.69 Å². The maximum Gasteiger partial charge on any atom is 0.217 e. The van der Waals surface area contributed by atoms with Gasteiger partial charge in [0, 0.05) is 56.1 Å². The number of ether oxygens (including phenoxy) is 2. The van der Waals surface area contributed by atoms with Gasteiger partial charge in [-0.25, -0.2) is 14.5 Å². The zero-order valence-corrected chi connectivity index (χ0v) is 17.6. The highest BCUT2D eigenvalue weighted by Crippen LogP contribution is 2.25. The lowest BCUT2D eigenvalue weighted by molar-refractivity contribution is -0.117. The van der Waals surface area contributed by atoms with Gasteiger partial charge in [0.25, 0.3) is 0 Å². The Kier molecular flexibility index (Phi) is 7.02. The standard InChI is InChI=1S/C19H21Cl2N5O3/c1-11(28-2)18-13(9-23-17-8-16(21)25-26(17)18)7-15(27)6-12-5-14(20)10-24-19(12)29-4-3-22/h5,8-11H,3-4,6-7,22H2,1-2H3/t11-/m0/s1. The highest BCUT2D eigenvalue weighted by molar-refractivity contribution is 6.30. The van der Waals surface area contributed by atoms with Gasteiger partial charge in [0.2, 0.25) is 5.88 Å². The molecule has 0 spiro atoms. The quantitative estimate of drug-likeness (QED) is 0.548. The van der Waals surface area contributed by atoms with Crippen LogP contribution in [-0.4, -0.2) is 45.6 Å². The maximum atomic E-state index is 12.8. The molecule has 0 bridgehead atoms. The molecule has 0 aliphatic heterocycles. The Hall–Kier alpha value is -2.26. The molecule has 0 aliphatic rings. The van der Waals surface area contributed by atoms with Crippen LogP contribution in [0.4, 0.5) is 0 Å². The molecule has 0 radical (unpaired) electrons. The van der Waals surface area contributed by atoms with E-state index in [4.69, 9.17) is 38.4 Å². The van der Waals surface area contributed by atoms with Gasteiger partial charge in [-0.15, -0.1) is 0 Å². The van der Waals surface area contributed by atoms with Crippen molar-refractivity contribution in [3.8, 4) is 5.88 Å². The summed E-state index contributed by atoms with van der Waals surface area (Å²) in [5, 5.41) is 5.01. The number of methoxy groups -OCH3 is 1. The number of ketones is 1. The van der Waals surface area contributed by atoms with E-state index in [2.05, 4.69) is 15.1 Å². The first kappa shape index (κ1) is 21.4. The van der Waals surface area contributed by atoms with E-state index in [1.165, 1.54) is 6.20 Å². The van der Waals surface area contributed by atoms with Gasteiger partial charge in [-0.1, -0.05) is 23.2 Å². The molecule has 8 nitrogen and oxygen atoms in total. The molecule has 29 heavy (non-hydrogen) atoms. The van der Waals surface area contributed by atoms with Crippen LogP contribution in [0, 0.1) is 0 Å². The molecule has 3 aromatic heterocycles. The maximum absolute atomic E-state index is 12.8. The summed E-state index contributed by atoms with van der Waals surface area (Å²) in [6, 6.07) is 3.32. The smallest absolute Gasteiger partial charge is 0.217 e. The van der Waals surface area contributed by atoms with Gasteiger partial charge in [-0.2, -0.15) is 5.10 Å². The van der Waals surface area contributed by atoms with E-state index in [-0.39, 0.29) is 24.7 Å².